The van der Waals surface area contributed by atoms with Crippen LogP contribution in [0.1, 0.15) is 18.4 Å². The monoisotopic (exact) mass is 680 g/mol. The minimum Gasteiger partial charge on any atom is -0.475 e. The van der Waals surface area contributed by atoms with Crippen molar-refractivity contribution in [3.8, 4) is 0 Å². The van der Waals surface area contributed by atoms with Crippen molar-refractivity contribution in [3.05, 3.63) is 54.5 Å². The van der Waals surface area contributed by atoms with Crippen molar-refractivity contribution in [1.82, 2.24) is 14.9 Å². The molecule has 1 spiro atoms. The first-order chi connectivity index (χ1) is 21.2. The van der Waals surface area contributed by atoms with E-state index in [4.69, 9.17) is 34.4 Å². The number of rotatable bonds is 3. The summed E-state index contributed by atoms with van der Waals surface area (Å²) in [6.07, 6.45) is -7.11. The summed E-state index contributed by atoms with van der Waals surface area (Å²) in [6, 6.07) is 10.3. The predicted molar refractivity (Wildman–Crippen MR) is 140 cm³/mol. The van der Waals surface area contributed by atoms with Crippen molar-refractivity contribution < 1.29 is 74.0 Å². The maximum atomic E-state index is 10.6. The number of anilines is 1. The second kappa shape index (κ2) is 17.5. The Morgan fingerprint density at radius 3 is 1.83 bits per heavy atom. The van der Waals surface area contributed by atoms with E-state index in [0.29, 0.717) is 0 Å². The molecule has 2 aromatic heterocycles. The highest BCUT2D eigenvalue weighted by molar-refractivity contribution is 5.73. The highest BCUT2D eigenvalue weighted by atomic mass is 19.4. The second-order valence-electron chi connectivity index (χ2n) is 9.75. The molecule has 2 aliphatic rings. The van der Waals surface area contributed by atoms with E-state index in [1.54, 1.807) is 0 Å². The summed E-state index contributed by atoms with van der Waals surface area (Å²) in [5.41, 5.74) is 1.48. The third kappa shape index (κ3) is 15.2. The number of aromatic nitrogens is 2. The van der Waals surface area contributed by atoms with Gasteiger partial charge in [0.1, 0.15) is 5.82 Å². The average Bonchev–Trinajstić information content (AvgIpc) is 3.16. The molecule has 2 saturated heterocycles. The zero-order valence-electron chi connectivity index (χ0n) is 23.6. The number of aliphatic carboxylic acids is 3. The quantitative estimate of drug-likeness (QED) is 0.393. The molecular formula is C26H29F9N4O7. The van der Waals surface area contributed by atoms with Gasteiger partial charge in [-0.1, -0.05) is 12.1 Å². The molecule has 3 N–H and O–H groups in total. The van der Waals surface area contributed by atoms with Crippen molar-refractivity contribution in [1.29, 1.82) is 0 Å². The maximum absolute atomic E-state index is 10.6. The number of hydrogen-bond donors (Lipinski definition) is 3. The number of piperidine rings is 1. The number of carbonyl (C=O) groups is 3. The summed E-state index contributed by atoms with van der Waals surface area (Å²) in [6.45, 7) is 6.76. The van der Waals surface area contributed by atoms with Crippen LogP contribution < -0.4 is 4.90 Å². The molecule has 20 heteroatoms. The van der Waals surface area contributed by atoms with Gasteiger partial charge in [-0.05, 0) is 43.1 Å². The lowest BCUT2D eigenvalue weighted by atomic mass is 9.80. The molecule has 0 amide bonds. The number of ether oxygens (including phenoxy) is 1. The lowest BCUT2D eigenvalue weighted by Gasteiger charge is -2.43. The van der Waals surface area contributed by atoms with Gasteiger partial charge < -0.3 is 25.0 Å². The molecule has 4 rings (SSSR count). The van der Waals surface area contributed by atoms with Gasteiger partial charge in [0.05, 0.1) is 13.2 Å². The van der Waals surface area contributed by atoms with Gasteiger partial charge in [0.2, 0.25) is 0 Å². The van der Waals surface area contributed by atoms with Gasteiger partial charge in [-0.25, -0.2) is 19.4 Å². The summed E-state index contributed by atoms with van der Waals surface area (Å²) in [5, 5.41) is 21.4. The van der Waals surface area contributed by atoms with Crippen LogP contribution in [0.25, 0.3) is 0 Å². The van der Waals surface area contributed by atoms with Crippen molar-refractivity contribution >= 4 is 23.7 Å². The van der Waals surface area contributed by atoms with Crippen molar-refractivity contribution in [3.63, 3.8) is 0 Å². The van der Waals surface area contributed by atoms with E-state index in [9.17, 15) is 39.5 Å². The topological polar surface area (TPSA) is 153 Å². The van der Waals surface area contributed by atoms with E-state index in [1.807, 2.05) is 30.7 Å². The number of carboxylic acid groups (broad SMARTS) is 3. The zero-order valence-corrected chi connectivity index (χ0v) is 23.6. The Kier molecular flexibility index (Phi) is 15.1. The van der Waals surface area contributed by atoms with Crippen LogP contribution in [0.15, 0.2) is 48.9 Å². The molecule has 2 aliphatic heterocycles. The summed E-state index contributed by atoms with van der Waals surface area (Å²) in [5.74, 6) is -7.20. The van der Waals surface area contributed by atoms with Gasteiger partial charge in [-0.15, -0.1) is 0 Å². The molecule has 11 nitrogen and oxygen atoms in total. The van der Waals surface area contributed by atoms with Crippen LogP contribution in [0.3, 0.4) is 0 Å². The largest absolute Gasteiger partial charge is 0.490 e. The minimum absolute atomic E-state index is 0.189. The van der Waals surface area contributed by atoms with Crippen LogP contribution in [0.2, 0.25) is 0 Å². The van der Waals surface area contributed by atoms with Crippen LogP contribution in [0.4, 0.5) is 45.3 Å². The molecule has 258 valence electrons. The third-order valence-corrected chi connectivity index (χ3v) is 6.01. The van der Waals surface area contributed by atoms with Crippen molar-refractivity contribution in [2.24, 2.45) is 5.41 Å². The first-order valence-corrected chi connectivity index (χ1v) is 12.9. The van der Waals surface area contributed by atoms with Gasteiger partial charge >= 0.3 is 36.4 Å². The fourth-order valence-electron chi connectivity index (χ4n) is 4.17. The lowest BCUT2D eigenvalue weighted by Crippen LogP contribution is -2.50. The summed E-state index contributed by atoms with van der Waals surface area (Å²) < 4.78 is 101. The van der Waals surface area contributed by atoms with E-state index >= 15 is 0 Å². The molecule has 46 heavy (non-hydrogen) atoms. The Bertz CT molecular complexity index is 1180. The number of carboxylic acids is 3. The molecule has 2 aromatic rings. The van der Waals surface area contributed by atoms with E-state index in [-0.39, 0.29) is 5.41 Å². The second-order valence-corrected chi connectivity index (χ2v) is 9.75. The normalized spacial score (nSPS) is 18.8. The van der Waals surface area contributed by atoms with Crippen LogP contribution >= 0.6 is 0 Å². The number of likely N-dealkylation sites (tertiary alicyclic amines) is 1. The van der Waals surface area contributed by atoms with Crippen LogP contribution in [-0.2, 0) is 25.7 Å². The Morgan fingerprint density at radius 2 is 1.37 bits per heavy atom. The predicted octanol–water partition coefficient (Wildman–Crippen LogP) is 4.50. The number of alkyl halides is 9. The Morgan fingerprint density at radius 1 is 0.804 bits per heavy atom. The van der Waals surface area contributed by atoms with E-state index in [1.165, 1.54) is 18.4 Å². The van der Waals surface area contributed by atoms with Gasteiger partial charge in [0.15, 0.2) is 0 Å². The Labute approximate surface area is 255 Å². The number of nitrogens with zero attached hydrogens (tertiary/aromatic N) is 4. The molecule has 1 atom stereocenters. The summed E-state index contributed by atoms with van der Waals surface area (Å²) >= 11 is 0. The smallest absolute Gasteiger partial charge is 0.475 e. The van der Waals surface area contributed by atoms with Gasteiger partial charge in [-0.2, -0.15) is 39.5 Å². The molecule has 4 heterocycles. The summed E-state index contributed by atoms with van der Waals surface area (Å²) in [7, 11) is 0. The lowest BCUT2D eigenvalue weighted by molar-refractivity contribution is -0.193. The average molecular weight is 681 g/mol. The van der Waals surface area contributed by atoms with Crippen LogP contribution in [0.5, 0.6) is 0 Å². The maximum Gasteiger partial charge on any atom is 0.490 e. The van der Waals surface area contributed by atoms with Crippen molar-refractivity contribution in [2.75, 3.05) is 44.3 Å². The number of halogens is 9. The van der Waals surface area contributed by atoms with Crippen LogP contribution in [0, 0.1) is 5.41 Å². The zero-order chi connectivity index (χ0) is 35.2. The fourth-order valence-corrected chi connectivity index (χ4v) is 4.17. The molecule has 0 bridgehead atoms. The third-order valence-electron chi connectivity index (χ3n) is 6.01. The summed E-state index contributed by atoms with van der Waals surface area (Å²) in [4.78, 5) is 40.5. The van der Waals surface area contributed by atoms with Gasteiger partial charge in [0, 0.05) is 50.2 Å². The van der Waals surface area contributed by atoms with Crippen molar-refractivity contribution in [2.45, 2.75) is 37.9 Å². The number of hydrogen-bond acceptors (Lipinski definition) is 8. The molecule has 0 aromatic carbocycles. The highest BCUT2D eigenvalue weighted by Gasteiger charge is 2.40. The van der Waals surface area contributed by atoms with E-state index in [2.05, 4.69) is 38.0 Å². The standard InChI is InChI=1S/C20H26N4O.3C2HF3O2/c1-2-9-22-19(6-1)24-11-12-25-17-20(16-24)7-4-10-23(15-20)14-18-5-3-8-21-13-18;3*3-2(4,5)1(6)7/h1-3,5-6,8-9,13H,4,7,10-12,14-17H2;3*(H,6,7). The Balaban J connectivity index is 0.000000413. The van der Waals surface area contributed by atoms with E-state index < -0.39 is 36.4 Å². The number of pyridine rings is 2. The Hall–Kier alpha value is -4.20. The molecule has 0 radical (unpaired) electrons. The van der Waals surface area contributed by atoms with Crippen LogP contribution in [-0.4, -0.2) is 106 Å². The van der Waals surface area contributed by atoms with Gasteiger partial charge in [-0.3, -0.25) is 9.88 Å². The highest BCUT2D eigenvalue weighted by Crippen LogP contribution is 2.34. The SMILES string of the molecule is O=C(O)C(F)(F)F.O=C(O)C(F)(F)F.O=C(O)C(F)(F)F.c1ccc(N2CCOCC3(CCCN(Cc4cccnc4)C3)C2)nc1. The molecule has 0 aliphatic carbocycles. The molecule has 2 fully saturated rings. The van der Waals surface area contributed by atoms with E-state index in [0.717, 1.165) is 51.8 Å². The first kappa shape index (κ1) is 39.8. The molecule has 0 saturated carbocycles. The molecule has 1 unspecified atom stereocenters. The first-order valence-electron chi connectivity index (χ1n) is 12.9. The minimum atomic E-state index is -5.08. The van der Waals surface area contributed by atoms with Gasteiger partial charge in [0.25, 0.3) is 0 Å². The fraction of sp³-hybridized carbons (Fsp3) is 0.500. The molecular weight excluding hydrogens is 651 g/mol.